The van der Waals surface area contributed by atoms with E-state index in [-0.39, 0.29) is 44.1 Å². The molecule has 0 amide bonds. The van der Waals surface area contributed by atoms with Crippen LogP contribution in [-0.4, -0.2) is 55.1 Å². The Morgan fingerprint density at radius 3 is 2.56 bits per heavy atom. The molecule has 0 atom stereocenters. The van der Waals surface area contributed by atoms with Gasteiger partial charge in [0.2, 0.25) is 0 Å². The number of aromatic carboxylic acids is 1. The Hall–Kier alpha value is 0.469. The van der Waals surface area contributed by atoms with Crippen molar-refractivity contribution >= 4 is 50.0 Å². The Labute approximate surface area is 80.9 Å². The number of carbonyl (C=O) groups is 1. The summed E-state index contributed by atoms with van der Waals surface area (Å²) in [6.07, 6.45) is 0. The van der Waals surface area contributed by atoms with E-state index in [9.17, 15) is 4.79 Å². The van der Waals surface area contributed by atoms with Crippen molar-refractivity contribution in [3.63, 3.8) is 0 Å². The minimum absolute atomic E-state index is 0. The first kappa shape index (κ1) is 9.47. The zero-order chi connectivity index (χ0) is 5.98. The smallest absolute Gasteiger partial charge is 0 e. The summed E-state index contributed by atoms with van der Waals surface area (Å²) in [4.78, 5) is 12.0. The molecule has 0 fully saturated rings. The number of carboxylic acid groups (broad SMARTS) is 1. The molecule has 1 radical (unpaired) electrons. The molecule has 1 aromatic heterocycles. The van der Waals surface area contributed by atoms with Crippen molar-refractivity contribution in [3.05, 3.63) is 21.5 Å². The third-order valence-electron chi connectivity index (χ3n) is 0.732. The van der Waals surface area contributed by atoms with Crippen LogP contribution in [0.15, 0.2) is 17.1 Å². The Bertz CT molecular complexity index is 183. The van der Waals surface area contributed by atoms with Gasteiger partial charge in [0.25, 0.3) is 0 Å². The molecule has 0 bridgehead atoms. The van der Waals surface area contributed by atoms with Crippen LogP contribution in [0.1, 0.15) is 9.23 Å². The second-order valence-electron chi connectivity index (χ2n) is 1.28. The zero-order valence-corrected chi connectivity index (χ0v) is 8.71. The molecule has 4 heteroatoms. The number of rotatable bonds is 1. The van der Waals surface area contributed by atoms with Crippen LogP contribution >= 0.6 is 0 Å². The van der Waals surface area contributed by atoms with Crippen molar-refractivity contribution < 1.29 is 9.90 Å². The van der Waals surface area contributed by atoms with Gasteiger partial charge < -0.3 is 0 Å². The summed E-state index contributed by atoms with van der Waals surface area (Å²) in [5, 5.41) is 8.32. The first-order valence-corrected chi connectivity index (χ1v) is 3.92. The third kappa shape index (κ3) is 2.69. The fourth-order valence-corrected chi connectivity index (χ4v) is 1.58. The number of hydrogen-bond acceptors (Lipinski definition) is 1. The molecule has 1 N–H and O–H groups in total. The molecule has 0 aliphatic rings. The van der Waals surface area contributed by atoms with E-state index in [4.69, 9.17) is 5.11 Å². The topological polar surface area (TPSA) is 37.3 Å². The molecule has 0 aromatic carbocycles. The average Bonchev–Trinajstić information content (AvgIpc) is 2.12. The molecule has 0 aliphatic carbocycles. The van der Waals surface area contributed by atoms with Gasteiger partial charge in [-0.3, -0.25) is 0 Å². The third-order valence-corrected chi connectivity index (χ3v) is 2.53. The zero-order valence-electron chi connectivity index (χ0n) is 5.00. The second-order valence-corrected chi connectivity index (χ2v) is 3.27. The minimum Gasteiger partial charge on any atom is 0 e. The van der Waals surface area contributed by atoms with Crippen molar-refractivity contribution in [1.82, 2.24) is 0 Å². The van der Waals surface area contributed by atoms with E-state index in [1.54, 1.807) is 12.1 Å². The maximum atomic E-state index is 10.1. The number of hydrogen-bond donors (Lipinski definition) is 1. The van der Waals surface area contributed by atoms with E-state index in [2.05, 4.69) is 0 Å². The average molecular weight is 198 g/mol. The quantitative estimate of drug-likeness (QED) is 0.648. The normalized spacial score (nSPS) is 8.00. The number of carboxylic acids is 1. The maximum Gasteiger partial charge on any atom is 0 e. The van der Waals surface area contributed by atoms with Crippen LogP contribution in [0, 0.1) is 0 Å². The van der Waals surface area contributed by atoms with Crippen molar-refractivity contribution in [2.24, 2.45) is 0 Å². The molecular formula is C5H4NaO2Se. The van der Waals surface area contributed by atoms with Crippen molar-refractivity contribution in [2.75, 3.05) is 0 Å². The summed E-state index contributed by atoms with van der Waals surface area (Å²) in [7, 11) is 0. The Kier molecular flexibility index (Phi) is 4.54. The monoisotopic (exact) mass is 199 g/mol. The van der Waals surface area contributed by atoms with Gasteiger partial charge in [0.15, 0.2) is 0 Å². The van der Waals surface area contributed by atoms with Crippen molar-refractivity contribution in [3.8, 4) is 0 Å². The minimum atomic E-state index is -0.782. The van der Waals surface area contributed by atoms with E-state index < -0.39 is 5.97 Å². The fourth-order valence-electron chi connectivity index (χ4n) is 0.400. The molecule has 1 heterocycles. The second kappa shape index (κ2) is 4.31. The van der Waals surface area contributed by atoms with Crippen molar-refractivity contribution in [2.45, 2.75) is 0 Å². The van der Waals surface area contributed by atoms with Gasteiger partial charge in [-0.25, -0.2) is 0 Å². The van der Waals surface area contributed by atoms with Crippen LogP contribution in [0.5, 0.6) is 0 Å². The van der Waals surface area contributed by atoms with Crippen LogP contribution in [0.3, 0.4) is 0 Å². The molecule has 1 aromatic rings. The molecule has 0 saturated carbocycles. The summed E-state index contributed by atoms with van der Waals surface area (Å²) >= 11 is 0.0891. The van der Waals surface area contributed by atoms with Gasteiger partial charge in [-0.2, -0.15) is 0 Å². The van der Waals surface area contributed by atoms with Gasteiger partial charge in [0.1, 0.15) is 0 Å². The van der Waals surface area contributed by atoms with Crippen molar-refractivity contribution in [1.29, 1.82) is 0 Å². The van der Waals surface area contributed by atoms with Gasteiger partial charge in [0.05, 0.1) is 0 Å². The molecule has 0 saturated heterocycles. The van der Waals surface area contributed by atoms with Gasteiger partial charge in [-0.1, -0.05) is 0 Å². The van der Waals surface area contributed by atoms with Gasteiger partial charge in [-0.05, 0) is 0 Å². The van der Waals surface area contributed by atoms with Crippen LogP contribution < -0.4 is 0 Å². The van der Waals surface area contributed by atoms with E-state index in [0.29, 0.717) is 4.44 Å². The van der Waals surface area contributed by atoms with Crippen LogP contribution in [-0.2, 0) is 0 Å². The molecule has 1 rings (SSSR count). The Morgan fingerprint density at radius 1 is 1.67 bits per heavy atom. The van der Waals surface area contributed by atoms with Gasteiger partial charge in [0, 0.05) is 29.6 Å². The molecule has 0 aliphatic heterocycles. The van der Waals surface area contributed by atoms with Gasteiger partial charge >= 0.3 is 51.9 Å². The summed E-state index contributed by atoms with van der Waals surface area (Å²) in [5.74, 6) is -0.782. The Balaban J connectivity index is 0.000000640. The van der Waals surface area contributed by atoms with E-state index in [1.165, 1.54) is 0 Å². The van der Waals surface area contributed by atoms with Crippen LogP contribution in [0.4, 0.5) is 0 Å². The maximum absolute atomic E-state index is 10.1. The SMILES string of the molecule is O=C(O)c1ccc[se]1.[Na]. The molecule has 0 spiro atoms. The molecular weight excluding hydrogens is 194 g/mol. The van der Waals surface area contributed by atoms with Gasteiger partial charge in [-0.15, -0.1) is 0 Å². The first-order valence-electron chi connectivity index (χ1n) is 2.07. The summed E-state index contributed by atoms with van der Waals surface area (Å²) < 4.78 is 0.539. The predicted octanol–water partition coefficient (Wildman–Crippen LogP) is 0.0610. The fraction of sp³-hybridized carbons (Fsp3) is 0. The van der Waals surface area contributed by atoms with Crippen LogP contribution in [0.2, 0.25) is 0 Å². The predicted molar refractivity (Wildman–Crippen MR) is 36.1 cm³/mol. The van der Waals surface area contributed by atoms with E-state index >= 15 is 0 Å². The molecule has 9 heavy (non-hydrogen) atoms. The molecule has 43 valence electrons. The standard InChI is InChI=1S/C5H4O2Se.Na/c6-5(7)4-2-1-3-8-4;/h1-3H,(H,6,7);. The summed E-state index contributed by atoms with van der Waals surface area (Å²) in [6.45, 7) is 0. The van der Waals surface area contributed by atoms with Crippen LogP contribution in [0.25, 0.3) is 0 Å². The summed E-state index contributed by atoms with van der Waals surface area (Å²) in [6, 6.07) is 3.42. The van der Waals surface area contributed by atoms with E-state index in [0.717, 1.165) is 0 Å². The first-order chi connectivity index (χ1) is 3.80. The molecule has 0 unspecified atom stereocenters. The largest absolute Gasteiger partial charge is 0 e. The van der Waals surface area contributed by atoms with E-state index in [1.807, 2.05) is 4.94 Å². The summed E-state index contributed by atoms with van der Waals surface area (Å²) in [5.41, 5.74) is 0. The Morgan fingerprint density at radius 2 is 2.33 bits per heavy atom. The molecule has 2 nitrogen and oxygen atoms in total.